The van der Waals surface area contributed by atoms with Crippen LogP contribution in [-0.4, -0.2) is 42.5 Å². The van der Waals surface area contributed by atoms with Crippen molar-refractivity contribution in [3.63, 3.8) is 0 Å². The van der Waals surface area contributed by atoms with Gasteiger partial charge >= 0.3 is 0 Å². The number of aryl methyl sites for hydroxylation is 2. The van der Waals surface area contributed by atoms with E-state index in [1.165, 1.54) is 6.92 Å². The number of hydrogen-bond donors (Lipinski definition) is 1. The third kappa shape index (κ3) is 4.39. The zero-order chi connectivity index (χ0) is 17.7. The maximum Gasteiger partial charge on any atom is 0.246 e. The lowest BCUT2D eigenvalue weighted by atomic mass is 10.2. The van der Waals surface area contributed by atoms with Gasteiger partial charge in [-0.3, -0.25) is 9.78 Å². The van der Waals surface area contributed by atoms with Gasteiger partial charge in [-0.25, -0.2) is 13.1 Å². The Morgan fingerprint density at radius 3 is 2.50 bits per heavy atom. The molecule has 24 heavy (non-hydrogen) atoms. The number of amides is 1. The van der Waals surface area contributed by atoms with E-state index in [1.807, 2.05) is 12.1 Å². The van der Waals surface area contributed by atoms with Gasteiger partial charge < -0.3 is 9.42 Å². The van der Waals surface area contributed by atoms with E-state index in [-0.39, 0.29) is 29.7 Å². The first-order valence-corrected chi connectivity index (χ1v) is 8.86. The average Bonchev–Trinajstić information content (AvgIpc) is 2.86. The lowest BCUT2D eigenvalue weighted by Crippen LogP contribution is -2.37. The molecule has 0 aliphatic rings. The maximum absolute atomic E-state index is 12.3. The number of sulfonamides is 1. The fourth-order valence-corrected chi connectivity index (χ4v) is 3.65. The van der Waals surface area contributed by atoms with E-state index >= 15 is 0 Å². The number of nitrogens with one attached hydrogen (secondary N) is 1. The number of nitrogens with zero attached hydrogens (tertiary/aromatic N) is 3. The molecule has 0 unspecified atom stereocenters. The molecule has 0 aromatic carbocycles. The highest BCUT2D eigenvalue weighted by Gasteiger charge is 2.24. The van der Waals surface area contributed by atoms with Gasteiger partial charge in [0.15, 0.2) is 5.76 Å². The van der Waals surface area contributed by atoms with Gasteiger partial charge in [0.2, 0.25) is 15.9 Å². The largest absolute Gasteiger partial charge is 0.360 e. The van der Waals surface area contributed by atoms with Gasteiger partial charge in [-0.2, -0.15) is 0 Å². The fraction of sp³-hybridized carbons (Fsp3) is 0.400. The second-order valence-electron chi connectivity index (χ2n) is 5.35. The summed E-state index contributed by atoms with van der Waals surface area (Å²) >= 11 is 0. The second kappa shape index (κ2) is 7.54. The Bertz CT molecular complexity index is 783. The van der Waals surface area contributed by atoms with Crippen molar-refractivity contribution in [1.29, 1.82) is 0 Å². The van der Waals surface area contributed by atoms with Gasteiger partial charge in [0, 0.05) is 39.0 Å². The van der Waals surface area contributed by atoms with E-state index in [0.717, 1.165) is 5.56 Å². The molecule has 2 aromatic rings. The van der Waals surface area contributed by atoms with Gasteiger partial charge in [-0.1, -0.05) is 5.16 Å². The van der Waals surface area contributed by atoms with Crippen molar-refractivity contribution in [3.8, 4) is 0 Å². The van der Waals surface area contributed by atoms with Crippen LogP contribution in [0.25, 0.3) is 0 Å². The molecule has 0 atom stereocenters. The smallest absolute Gasteiger partial charge is 0.246 e. The summed E-state index contributed by atoms with van der Waals surface area (Å²) in [6.07, 6.45) is 3.29. The van der Waals surface area contributed by atoms with Crippen LogP contribution >= 0.6 is 0 Å². The average molecular weight is 352 g/mol. The van der Waals surface area contributed by atoms with Crippen molar-refractivity contribution >= 4 is 15.9 Å². The minimum atomic E-state index is -3.73. The van der Waals surface area contributed by atoms with Crippen molar-refractivity contribution in [1.82, 2.24) is 19.8 Å². The number of rotatable bonds is 7. The topological polar surface area (TPSA) is 105 Å². The molecule has 0 radical (unpaired) electrons. The van der Waals surface area contributed by atoms with Crippen molar-refractivity contribution in [3.05, 3.63) is 41.5 Å². The normalized spacial score (nSPS) is 11.5. The van der Waals surface area contributed by atoms with Crippen LogP contribution in [0.4, 0.5) is 0 Å². The third-order valence-corrected chi connectivity index (χ3v) is 5.18. The number of hydrogen-bond acceptors (Lipinski definition) is 6. The number of carbonyl (C=O) groups excluding carboxylic acids is 1. The van der Waals surface area contributed by atoms with Crippen LogP contribution < -0.4 is 4.72 Å². The monoisotopic (exact) mass is 352 g/mol. The molecule has 2 aromatic heterocycles. The molecule has 1 N–H and O–H groups in total. The molecule has 8 nitrogen and oxygen atoms in total. The Morgan fingerprint density at radius 1 is 1.29 bits per heavy atom. The molecule has 0 aliphatic heterocycles. The highest BCUT2D eigenvalue weighted by molar-refractivity contribution is 7.89. The third-order valence-electron chi connectivity index (χ3n) is 3.48. The van der Waals surface area contributed by atoms with Gasteiger partial charge in [0.1, 0.15) is 10.6 Å². The molecule has 0 saturated carbocycles. The Hall–Kier alpha value is -2.26. The van der Waals surface area contributed by atoms with Crippen LogP contribution in [0.2, 0.25) is 0 Å². The first-order valence-electron chi connectivity index (χ1n) is 7.38. The van der Waals surface area contributed by atoms with E-state index in [0.29, 0.717) is 12.2 Å². The molecule has 0 saturated heterocycles. The van der Waals surface area contributed by atoms with Gasteiger partial charge in [-0.15, -0.1) is 0 Å². The van der Waals surface area contributed by atoms with Gasteiger partial charge in [0.05, 0.1) is 0 Å². The van der Waals surface area contributed by atoms with Crippen LogP contribution in [-0.2, 0) is 21.4 Å². The molecule has 0 spiro atoms. The summed E-state index contributed by atoms with van der Waals surface area (Å²) in [7, 11) is -3.73. The van der Waals surface area contributed by atoms with Gasteiger partial charge in [-0.05, 0) is 31.5 Å². The van der Waals surface area contributed by atoms with Crippen LogP contribution in [0.3, 0.4) is 0 Å². The molecule has 9 heteroatoms. The summed E-state index contributed by atoms with van der Waals surface area (Å²) in [5.41, 5.74) is 1.23. The van der Waals surface area contributed by atoms with E-state index in [2.05, 4.69) is 14.9 Å². The van der Waals surface area contributed by atoms with Crippen molar-refractivity contribution in [2.75, 3.05) is 13.1 Å². The second-order valence-corrected chi connectivity index (χ2v) is 7.05. The van der Waals surface area contributed by atoms with Crippen molar-refractivity contribution in [2.24, 2.45) is 0 Å². The highest BCUT2D eigenvalue weighted by Crippen LogP contribution is 2.18. The lowest BCUT2D eigenvalue weighted by Gasteiger charge is -2.21. The molecule has 0 aliphatic carbocycles. The molecule has 2 rings (SSSR count). The van der Waals surface area contributed by atoms with Crippen LogP contribution in [0.15, 0.2) is 33.9 Å². The van der Waals surface area contributed by atoms with Crippen LogP contribution in [0.5, 0.6) is 0 Å². The van der Waals surface area contributed by atoms with Crippen molar-refractivity contribution in [2.45, 2.75) is 32.2 Å². The van der Waals surface area contributed by atoms with E-state index in [4.69, 9.17) is 4.52 Å². The first-order chi connectivity index (χ1) is 11.3. The number of carbonyl (C=O) groups is 1. The standard InChI is InChI=1S/C15H20N4O4S/c1-11-15(12(2)23-18-11)24(21,22)17-8-9-19(13(3)20)10-14-4-6-16-7-5-14/h4-7,17H,8-10H2,1-3H3. The van der Waals surface area contributed by atoms with Crippen LogP contribution in [0, 0.1) is 13.8 Å². The Balaban J connectivity index is 1.99. The summed E-state index contributed by atoms with van der Waals surface area (Å²) in [4.78, 5) is 17.3. The predicted molar refractivity (Wildman–Crippen MR) is 86.5 cm³/mol. The first kappa shape index (κ1) is 18.1. The Morgan fingerprint density at radius 2 is 1.96 bits per heavy atom. The lowest BCUT2D eigenvalue weighted by molar-refractivity contribution is -0.129. The van der Waals surface area contributed by atoms with E-state index in [9.17, 15) is 13.2 Å². The zero-order valence-electron chi connectivity index (χ0n) is 13.8. The van der Waals surface area contributed by atoms with E-state index < -0.39 is 10.0 Å². The van der Waals surface area contributed by atoms with Crippen LogP contribution in [0.1, 0.15) is 23.9 Å². The number of pyridine rings is 1. The molecular weight excluding hydrogens is 332 g/mol. The molecular formula is C15H20N4O4S. The Kier molecular flexibility index (Phi) is 5.68. The summed E-state index contributed by atoms with van der Waals surface area (Å²) < 4.78 is 32.0. The summed E-state index contributed by atoms with van der Waals surface area (Å²) in [6, 6.07) is 3.62. The molecule has 0 fully saturated rings. The number of aromatic nitrogens is 2. The SMILES string of the molecule is CC(=O)N(CCNS(=O)(=O)c1c(C)noc1C)Cc1ccncc1. The zero-order valence-corrected chi connectivity index (χ0v) is 14.6. The molecule has 130 valence electrons. The molecule has 1 amide bonds. The minimum absolute atomic E-state index is 0.0472. The predicted octanol–water partition coefficient (Wildman–Crippen LogP) is 1.01. The maximum atomic E-state index is 12.3. The quantitative estimate of drug-likeness (QED) is 0.797. The molecule has 0 bridgehead atoms. The minimum Gasteiger partial charge on any atom is -0.360 e. The van der Waals surface area contributed by atoms with Crippen molar-refractivity contribution < 1.29 is 17.7 Å². The fourth-order valence-electron chi connectivity index (χ4n) is 2.30. The highest BCUT2D eigenvalue weighted by atomic mass is 32.2. The van der Waals surface area contributed by atoms with E-state index in [1.54, 1.807) is 31.1 Å². The molecule has 2 heterocycles. The van der Waals surface area contributed by atoms with Gasteiger partial charge in [0.25, 0.3) is 0 Å². The summed E-state index contributed by atoms with van der Waals surface area (Å²) in [5, 5.41) is 3.65. The Labute approximate surface area is 140 Å². The summed E-state index contributed by atoms with van der Waals surface area (Å²) in [5.74, 6) is 0.101. The summed E-state index contributed by atoms with van der Waals surface area (Å²) in [6.45, 7) is 5.29.